The molecule has 6 fully saturated rings. The summed E-state index contributed by atoms with van der Waals surface area (Å²) < 4.78 is 165. The van der Waals surface area contributed by atoms with Crippen LogP contribution >= 0.6 is 0 Å². The van der Waals surface area contributed by atoms with E-state index in [9.17, 15) is 79.6 Å². The van der Waals surface area contributed by atoms with E-state index >= 15 is 0 Å². The Morgan fingerprint density at radius 3 is 0.897 bits per heavy atom. The highest BCUT2D eigenvalue weighted by molar-refractivity contribution is 7.89. The molecule has 0 aliphatic carbocycles. The minimum atomic E-state index is -3.98. The van der Waals surface area contributed by atoms with Gasteiger partial charge >= 0.3 is 0 Å². The molecule has 6 aliphatic heterocycles. The highest BCUT2D eigenvalue weighted by Crippen LogP contribution is 2.31. The molecular formula is C38H40O24S6. The molecule has 24 nitrogen and oxygen atoms in total. The fraction of sp³-hybridized carbons (Fsp3) is 0.500. The SMILES string of the molecule is O=C(C#CC(=O)C1CCOS1(=O)=O)C1CCOS1(=O)=O.O=C(c1ccc(C(=O)C2CCOS2(=O)=O)cc1)C1CCOS1(=O)=O.O=C(c1ccc(C(O)C2CCOS2(=O)=O)cc1)C1CCOS1(=O)=O. The standard InChI is InChI=1S/C14H16O8S2.C14H14O8S2.C10H10O8S2/c2*15-13(11-5-7-21-23(11,17)18)9-1-2-10(4-3-9)14(16)12-6-8-22-24(12,19)20;11-7(9-3-5-17-19(9,13)14)1-2-8(12)10-4-6-18-20(10,15)16/h1-4,11-13,15H,5-8H2;1-4,11-12H,5-8H2;9-10H,3-6H2. The largest absolute Gasteiger partial charge is 0.387 e. The van der Waals surface area contributed by atoms with Crippen LogP contribution in [0.1, 0.15) is 81.3 Å². The van der Waals surface area contributed by atoms with Gasteiger partial charge in [-0.15, -0.1) is 0 Å². The van der Waals surface area contributed by atoms with Crippen LogP contribution in [0.5, 0.6) is 0 Å². The predicted octanol–water partition coefficient (Wildman–Crippen LogP) is -1.21. The van der Waals surface area contributed by atoms with Crippen molar-refractivity contribution in [1.82, 2.24) is 0 Å². The van der Waals surface area contributed by atoms with Gasteiger partial charge < -0.3 is 5.11 Å². The van der Waals surface area contributed by atoms with Crippen molar-refractivity contribution in [1.29, 1.82) is 0 Å². The minimum absolute atomic E-state index is 0.0188. The Labute approximate surface area is 390 Å². The van der Waals surface area contributed by atoms with Crippen LogP contribution in [0.2, 0.25) is 0 Å². The van der Waals surface area contributed by atoms with Gasteiger partial charge in [0.15, 0.2) is 43.6 Å². The molecule has 30 heteroatoms. The zero-order valence-corrected chi connectivity index (χ0v) is 39.8. The van der Waals surface area contributed by atoms with E-state index in [0.717, 1.165) is 0 Å². The van der Waals surface area contributed by atoms with Crippen LogP contribution in [0.25, 0.3) is 0 Å². The Hall–Kier alpha value is -4.23. The fourth-order valence-electron chi connectivity index (χ4n) is 7.33. The lowest BCUT2D eigenvalue weighted by molar-refractivity contribution is -0.115. The molecule has 7 unspecified atom stereocenters. The van der Waals surface area contributed by atoms with Crippen LogP contribution in [-0.4, -0.2) is 156 Å². The third-order valence-corrected chi connectivity index (χ3v) is 21.0. The average molecular weight is 1070 g/mol. The minimum Gasteiger partial charge on any atom is -0.387 e. The summed E-state index contributed by atoms with van der Waals surface area (Å²) >= 11 is 0. The summed E-state index contributed by atoms with van der Waals surface area (Å²) in [6.45, 7) is -0.280. The van der Waals surface area contributed by atoms with Gasteiger partial charge in [-0.3, -0.25) is 49.1 Å². The molecule has 6 saturated heterocycles. The molecule has 372 valence electrons. The third-order valence-electron chi connectivity index (χ3n) is 11.0. The van der Waals surface area contributed by atoms with Crippen molar-refractivity contribution in [2.45, 2.75) is 76.1 Å². The maximum Gasteiger partial charge on any atom is 0.278 e. The van der Waals surface area contributed by atoms with Gasteiger partial charge in [-0.2, -0.15) is 50.5 Å². The highest BCUT2D eigenvalue weighted by Gasteiger charge is 2.44. The number of benzene rings is 2. The van der Waals surface area contributed by atoms with Crippen molar-refractivity contribution in [2.24, 2.45) is 0 Å². The number of aliphatic hydroxyl groups excluding tert-OH is 1. The molecule has 0 bridgehead atoms. The van der Waals surface area contributed by atoms with E-state index in [1.165, 1.54) is 48.5 Å². The first-order valence-electron chi connectivity index (χ1n) is 20.1. The monoisotopic (exact) mass is 1070 g/mol. The lowest BCUT2D eigenvalue weighted by atomic mass is 10.00. The molecule has 6 heterocycles. The topological polar surface area (TPSA) is 366 Å². The van der Waals surface area contributed by atoms with Crippen LogP contribution in [-0.2, 0) is 95.4 Å². The molecule has 0 saturated carbocycles. The number of ketones is 5. The van der Waals surface area contributed by atoms with E-state index < -0.39 is 127 Å². The van der Waals surface area contributed by atoms with Gasteiger partial charge in [0.25, 0.3) is 60.7 Å². The van der Waals surface area contributed by atoms with Crippen LogP contribution < -0.4 is 0 Å². The van der Waals surface area contributed by atoms with E-state index in [0.29, 0.717) is 5.56 Å². The first-order chi connectivity index (χ1) is 31.7. The van der Waals surface area contributed by atoms with Gasteiger partial charge in [-0.25, -0.2) is 0 Å². The molecule has 68 heavy (non-hydrogen) atoms. The summed E-state index contributed by atoms with van der Waals surface area (Å²) in [5, 5.41) is 2.61. The van der Waals surface area contributed by atoms with E-state index in [4.69, 9.17) is 0 Å². The van der Waals surface area contributed by atoms with Gasteiger partial charge in [0.2, 0.25) is 11.6 Å². The molecule has 8 rings (SSSR count). The van der Waals surface area contributed by atoms with Crippen molar-refractivity contribution in [3.63, 3.8) is 0 Å². The summed E-state index contributed by atoms with van der Waals surface area (Å²) in [5.74, 6) is 0.000628. The number of rotatable bonds is 10. The van der Waals surface area contributed by atoms with Crippen molar-refractivity contribution in [2.75, 3.05) is 39.6 Å². The average Bonchev–Trinajstić information content (AvgIpc) is 4.14. The maximum atomic E-state index is 12.3. The summed E-state index contributed by atoms with van der Waals surface area (Å²) in [5.41, 5.74) is 0.721. The second-order valence-corrected chi connectivity index (χ2v) is 26.1. The zero-order valence-electron chi connectivity index (χ0n) is 34.9. The van der Waals surface area contributed by atoms with Crippen molar-refractivity contribution in [3.05, 3.63) is 70.8 Å². The predicted molar refractivity (Wildman–Crippen MR) is 228 cm³/mol. The van der Waals surface area contributed by atoms with Crippen LogP contribution in [0, 0.1) is 11.8 Å². The first kappa shape index (κ1) is 53.1. The highest BCUT2D eigenvalue weighted by atomic mass is 32.2. The van der Waals surface area contributed by atoms with Crippen LogP contribution in [0.3, 0.4) is 0 Å². The summed E-state index contributed by atoms with van der Waals surface area (Å²) in [7, 11) is -23.5. The molecule has 7 atom stereocenters. The molecule has 0 aromatic heterocycles. The van der Waals surface area contributed by atoms with Gasteiger partial charge in [0.1, 0.15) is 5.25 Å². The van der Waals surface area contributed by atoms with E-state index in [1.54, 1.807) is 0 Å². The Morgan fingerprint density at radius 1 is 0.397 bits per heavy atom. The molecule has 6 aliphatic rings. The molecule has 0 spiro atoms. The normalized spacial score (nSPS) is 29.1. The van der Waals surface area contributed by atoms with Crippen molar-refractivity contribution in [3.8, 4) is 11.8 Å². The van der Waals surface area contributed by atoms with E-state index in [1.807, 2.05) is 11.8 Å². The Balaban J connectivity index is 0.000000169. The van der Waals surface area contributed by atoms with Crippen molar-refractivity contribution < 1.29 is 105 Å². The number of carbonyl (C=O) groups excluding carboxylic acids is 5. The Bertz CT molecular complexity index is 2960. The second-order valence-electron chi connectivity index (χ2n) is 15.3. The molecule has 2 aromatic carbocycles. The smallest absolute Gasteiger partial charge is 0.278 e. The number of hydrogen-bond donors (Lipinski definition) is 1. The number of aliphatic hydroxyl groups is 1. The fourth-order valence-corrected chi connectivity index (χ4v) is 14.9. The number of Topliss-reactive ketones (excluding diaryl/α,β-unsaturated/α-hetero) is 5. The summed E-state index contributed by atoms with van der Waals surface area (Å²) in [4.78, 5) is 59.9. The van der Waals surface area contributed by atoms with Gasteiger partial charge in [0, 0.05) is 16.7 Å². The number of carbonyl (C=O) groups is 5. The van der Waals surface area contributed by atoms with Gasteiger partial charge in [-0.1, -0.05) is 48.5 Å². The van der Waals surface area contributed by atoms with Gasteiger partial charge in [0.05, 0.1) is 45.7 Å². The van der Waals surface area contributed by atoms with Crippen molar-refractivity contribution >= 4 is 89.6 Å². The lowest BCUT2D eigenvalue weighted by Gasteiger charge is -2.16. The third kappa shape index (κ3) is 11.8. The molecule has 1 N–H and O–H groups in total. The molecular weight excluding hydrogens is 1030 g/mol. The maximum absolute atomic E-state index is 12.3. The summed E-state index contributed by atoms with van der Waals surface area (Å²) in [6, 6.07) is 10.8. The van der Waals surface area contributed by atoms with Crippen LogP contribution in [0.15, 0.2) is 48.5 Å². The Morgan fingerprint density at radius 2 is 0.647 bits per heavy atom. The molecule has 0 amide bonds. The number of hydrogen-bond acceptors (Lipinski definition) is 24. The quantitative estimate of drug-likeness (QED) is 0.126. The van der Waals surface area contributed by atoms with Crippen LogP contribution in [0.4, 0.5) is 0 Å². The molecule has 0 radical (unpaired) electrons. The second kappa shape index (κ2) is 20.6. The summed E-state index contributed by atoms with van der Waals surface area (Å²) in [6.07, 6.45) is -0.895. The van der Waals surface area contributed by atoms with Gasteiger partial charge in [-0.05, 0) is 55.9 Å². The lowest BCUT2D eigenvalue weighted by Crippen LogP contribution is -2.27. The zero-order chi connectivity index (χ0) is 50.0. The molecule has 2 aromatic rings. The first-order valence-corrected chi connectivity index (χ1v) is 28.9. The van der Waals surface area contributed by atoms with E-state index in [2.05, 4.69) is 25.1 Å². The Kier molecular flexibility index (Phi) is 16.1. The van der Waals surface area contributed by atoms with E-state index in [-0.39, 0.29) is 94.9 Å².